The predicted octanol–water partition coefficient (Wildman–Crippen LogP) is 4.41. The number of halogens is 2. The Balaban J connectivity index is 1.78. The molecule has 6 heteroatoms. The Bertz CT molecular complexity index is 911. The molecule has 3 rings (SSSR count). The largest absolute Gasteiger partial charge is 0.271 e. The van der Waals surface area contributed by atoms with Crippen LogP contribution in [0, 0.1) is 0 Å². The highest BCUT2D eigenvalue weighted by Gasteiger charge is 2.05. The summed E-state index contributed by atoms with van der Waals surface area (Å²) in [7, 11) is 0. The van der Waals surface area contributed by atoms with Crippen molar-refractivity contribution in [3.8, 4) is 0 Å². The van der Waals surface area contributed by atoms with E-state index in [1.807, 2.05) is 36.4 Å². The zero-order valence-electron chi connectivity index (χ0n) is 11.8. The first-order valence-corrected chi connectivity index (χ1v) is 7.95. The van der Waals surface area contributed by atoms with Gasteiger partial charge in [0.25, 0.3) is 5.91 Å². The Kier molecular flexibility index (Phi) is 4.69. The molecule has 114 valence electrons. The minimum atomic E-state index is -0.299. The number of carbonyl (C=O) groups excluding carboxylic acids is 1. The molecule has 0 aliphatic heterocycles. The van der Waals surface area contributed by atoms with Crippen LogP contribution >= 0.6 is 27.5 Å². The van der Waals surface area contributed by atoms with Gasteiger partial charge < -0.3 is 0 Å². The standard InChI is InChI=1S/C17H11BrClN3O/c18-14-6-3-5-12(9-14)17(23)22-20-10-13-8-11-4-1-2-7-15(11)21-16(13)19/h1-10H,(H,22,23)/b20-10-. The van der Waals surface area contributed by atoms with E-state index in [-0.39, 0.29) is 5.91 Å². The molecule has 0 aliphatic rings. The normalized spacial score (nSPS) is 11.0. The summed E-state index contributed by atoms with van der Waals surface area (Å²) in [6.45, 7) is 0. The average Bonchev–Trinajstić information content (AvgIpc) is 2.55. The molecule has 0 aliphatic carbocycles. The Morgan fingerprint density at radius 2 is 2.00 bits per heavy atom. The summed E-state index contributed by atoms with van der Waals surface area (Å²) in [4.78, 5) is 16.3. The molecule has 2 aromatic carbocycles. The summed E-state index contributed by atoms with van der Waals surface area (Å²) in [5, 5.41) is 5.24. The zero-order valence-corrected chi connectivity index (χ0v) is 14.2. The van der Waals surface area contributed by atoms with Gasteiger partial charge in [-0.3, -0.25) is 4.79 Å². The van der Waals surface area contributed by atoms with E-state index in [1.165, 1.54) is 6.21 Å². The first-order valence-electron chi connectivity index (χ1n) is 6.78. The third kappa shape index (κ3) is 3.75. The smallest absolute Gasteiger partial charge is 0.267 e. The molecule has 3 aromatic rings. The summed E-state index contributed by atoms with van der Waals surface area (Å²) >= 11 is 9.46. The van der Waals surface area contributed by atoms with E-state index in [0.29, 0.717) is 16.3 Å². The fraction of sp³-hybridized carbons (Fsp3) is 0. The van der Waals surface area contributed by atoms with Gasteiger partial charge in [0.15, 0.2) is 0 Å². The van der Waals surface area contributed by atoms with Gasteiger partial charge in [-0.15, -0.1) is 0 Å². The van der Waals surface area contributed by atoms with Crippen molar-refractivity contribution in [2.24, 2.45) is 5.10 Å². The lowest BCUT2D eigenvalue weighted by atomic mass is 10.2. The molecule has 0 spiro atoms. The first kappa shape index (κ1) is 15.6. The number of fused-ring (bicyclic) bond motifs is 1. The maximum absolute atomic E-state index is 12.0. The molecular weight excluding hydrogens is 378 g/mol. The van der Waals surface area contributed by atoms with Crippen LogP contribution in [0.3, 0.4) is 0 Å². The van der Waals surface area contributed by atoms with E-state index in [1.54, 1.807) is 18.2 Å². The van der Waals surface area contributed by atoms with Crippen LogP contribution in [0.5, 0.6) is 0 Å². The number of para-hydroxylation sites is 1. The maximum atomic E-state index is 12.0. The summed E-state index contributed by atoms with van der Waals surface area (Å²) in [5.74, 6) is -0.299. The number of hydrogen-bond donors (Lipinski definition) is 1. The molecule has 0 fully saturated rings. The maximum Gasteiger partial charge on any atom is 0.271 e. The molecule has 0 saturated heterocycles. The number of rotatable bonds is 3. The number of aromatic nitrogens is 1. The quantitative estimate of drug-likeness (QED) is 0.410. The number of pyridine rings is 1. The SMILES string of the molecule is O=C(N/N=C\c1cc2ccccc2nc1Cl)c1cccc(Br)c1. The second kappa shape index (κ2) is 6.89. The van der Waals surface area contributed by atoms with Crippen molar-refractivity contribution in [3.05, 3.63) is 75.4 Å². The van der Waals surface area contributed by atoms with Crippen molar-refractivity contribution in [1.82, 2.24) is 10.4 Å². The van der Waals surface area contributed by atoms with Crippen LogP contribution in [0.15, 0.2) is 64.2 Å². The highest BCUT2D eigenvalue weighted by Crippen LogP contribution is 2.19. The summed E-state index contributed by atoms with van der Waals surface area (Å²) in [6, 6.07) is 16.6. The van der Waals surface area contributed by atoms with E-state index in [4.69, 9.17) is 11.6 Å². The van der Waals surface area contributed by atoms with Crippen molar-refractivity contribution in [3.63, 3.8) is 0 Å². The molecule has 0 atom stereocenters. The van der Waals surface area contributed by atoms with E-state index >= 15 is 0 Å². The molecule has 0 radical (unpaired) electrons. The van der Waals surface area contributed by atoms with Crippen molar-refractivity contribution in [2.75, 3.05) is 0 Å². The molecular formula is C17H11BrClN3O. The van der Waals surface area contributed by atoms with Gasteiger partial charge in [0.2, 0.25) is 0 Å². The van der Waals surface area contributed by atoms with Crippen LogP contribution < -0.4 is 5.43 Å². The summed E-state index contributed by atoms with van der Waals surface area (Å²) in [6.07, 6.45) is 1.48. The highest BCUT2D eigenvalue weighted by atomic mass is 79.9. The fourth-order valence-corrected chi connectivity index (χ4v) is 2.65. The number of nitrogens with zero attached hydrogens (tertiary/aromatic N) is 2. The van der Waals surface area contributed by atoms with Crippen LogP contribution in [-0.4, -0.2) is 17.1 Å². The van der Waals surface area contributed by atoms with Gasteiger partial charge in [-0.2, -0.15) is 5.10 Å². The predicted molar refractivity (Wildman–Crippen MR) is 96.0 cm³/mol. The number of carbonyl (C=O) groups is 1. The fourth-order valence-electron chi connectivity index (χ4n) is 2.05. The van der Waals surface area contributed by atoms with Crippen molar-refractivity contribution in [2.45, 2.75) is 0 Å². The van der Waals surface area contributed by atoms with Crippen LogP contribution in [-0.2, 0) is 0 Å². The summed E-state index contributed by atoms with van der Waals surface area (Å²) in [5.41, 5.74) is 4.44. The van der Waals surface area contributed by atoms with Gasteiger partial charge >= 0.3 is 0 Å². The van der Waals surface area contributed by atoms with E-state index in [2.05, 4.69) is 31.4 Å². The Morgan fingerprint density at radius 1 is 1.17 bits per heavy atom. The summed E-state index contributed by atoms with van der Waals surface area (Å²) < 4.78 is 0.830. The lowest BCUT2D eigenvalue weighted by Crippen LogP contribution is -2.17. The molecule has 0 saturated carbocycles. The van der Waals surface area contributed by atoms with Gasteiger partial charge in [0.05, 0.1) is 11.7 Å². The van der Waals surface area contributed by atoms with Crippen molar-refractivity contribution >= 4 is 50.6 Å². The van der Waals surface area contributed by atoms with Gasteiger partial charge in [0.1, 0.15) is 5.15 Å². The minimum absolute atomic E-state index is 0.299. The van der Waals surface area contributed by atoms with Crippen LogP contribution in [0.25, 0.3) is 10.9 Å². The van der Waals surface area contributed by atoms with Crippen molar-refractivity contribution < 1.29 is 4.79 Å². The van der Waals surface area contributed by atoms with Gasteiger partial charge in [-0.05, 0) is 30.3 Å². The monoisotopic (exact) mass is 387 g/mol. The van der Waals surface area contributed by atoms with Gasteiger partial charge in [0, 0.05) is 21.0 Å². The van der Waals surface area contributed by atoms with E-state index in [9.17, 15) is 4.79 Å². The molecule has 1 amide bonds. The molecule has 1 aromatic heterocycles. The third-order valence-electron chi connectivity index (χ3n) is 3.16. The molecule has 0 bridgehead atoms. The lowest BCUT2D eigenvalue weighted by Gasteiger charge is -2.02. The zero-order chi connectivity index (χ0) is 16.2. The van der Waals surface area contributed by atoms with E-state index < -0.39 is 0 Å². The number of hydrazone groups is 1. The molecule has 4 nitrogen and oxygen atoms in total. The second-order valence-electron chi connectivity index (χ2n) is 4.77. The number of amides is 1. The first-order chi connectivity index (χ1) is 11.1. The van der Waals surface area contributed by atoms with Crippen LogP contribution in [0.2, 0.25) is 5.15 Å². The van der Waals surface area contributed by atoms with Crippen LogP contribution in [0.1, 0.15) is 15.9 Å². The Morgan fingerprint density at radius 3 is 2.83 bits per heavy atom. The minimum Gasteiger partial charge on any atom is -0.267 e. The van der Waals surface area contributed by atoms with Crippen molar-refractivity contribution in [1.29, 1.82) is 0 Å². The topological polar surface area (TPSA) is 54.4 Å². The Labute approximate surface area is 146 Å². The number of benzene rings is 2. The number of hydrogen-bond acceptors (Lipinski definition) is 3. The average molecular weight is 389 g/mol. The second-order valence-corrected chi connectivity index (χ2v) is 6.04. The van der Waals surface area contributed by atoms with Gasteiger partial charge in [-0.25, -0.2) is 10.4 Å². The molecule has 1 heterocycles. The molecule has 0 unspecified atom stereocenters. The van der Waals surface area contributed by atoms with Crippen LogP contribution in [0.4, 0.5) is 0 Å². The lowest BCUT2D eigenvalue weighted by molar-refractivity contribution is 0.0955. The van der Waals surface area contributed by atoms with E-state index in [0.717, 1.165) is 15.4 Å². The Hall–Kier alpha value is -2.24. The van der Waals surface area contributed by atoms with Gasteiger partial charge in [-0.1, -0.05) is 51.8 Å². The molecule has 23 heavy (non-hydrogen) atoms. The molecule has 1 N–H and O–H groups in total. The number of nitrogens with one attached hydrogen (secondary N) is 1. The third-order valence-corrected chi connectivity index (χ3v) is 3.96. The highest BCUT2D eigenvalue weighted by molar-refractivity contribution is 9.10.